The first-order chi connectivity index (χ1) is 26.0. The summed E-state index contributed by atoms with van der Waals surface area (Å²) in [5.41, 5.74) is 8.11. The normalized spacial score (nSPS) is 19.3. The zero-order valence-corrected chi connectivity index (χ0v) is 29.8. The molecule has 15 heteroatoms. The van der Waals surface area contributed by atoms with E-state index in [1.54, 1.807) is 19.1 Å². The van der Waals surface area contributed by atoms with Crippen LogP contribution in [0.4, 0.5) is 35.1 Å². The van der Waals surface area contributed by atoms with E-state index in [0.29, 0.717) is 69.3 Å². The maximum Gasteiger partial charge on any atom is 0.416 e. The third kappa shape index (κ3) is 10.4. The Labute approximate surface area is 312 Å². The molecule has 3 aliphatic heterocycles. The largest absolute Gasteiger partial charge is 0.493 e. The third-order valence-corrected chi connectivity index (χ3v) is 9.66. The Balaban J connectivity index is 0.000000187. The fraction of sp³-hybridized carbons (Fsp3) is 0.375. The molecule has 0 bridgehead atoms. The van der Waals surface area contributed by atoms with Gasteiger partial charge in [-0.15, -0.1) is 0 Å². The van der Waals surface area contributed by atoms with E-state index in [0.717, 1.165) is 58.7 Å². The van der Waals surface area contributed by atoms with Gasteiger partial charge in [0.05, 0.1) is 43.2 Å². The molecule has 0 radical (unpaired) electrons. The lowest BCUT2D eigenvalue weighted by Gasteiger charge is -2.33. The second-order valence-corrected chi connectivity index (χ2v) is 13.8. The van der Waals surface area contributed by atoms with Gasteiger partial charge >= 0.3 is 12.4 Å². The summed E-state index contributed by atoms with van der Waals surface area (Å²) in [6, 6.07) is 16.5. The summed E-state index contributed by atoms with van der Waals surface area (Å²) in [5.74, 6) is -1.40. The lowest BCUT2D eigenvalue weighted by molar-refractivity contribution is -0.138. The Bertz CT molecular complexity index is 2000. The first kappa shape index (κ1) is 40.1. The zero-order chi connectivity index (χ0) is 39.5. The fourth-order valence-electron chi connectivity index (χ4n) is 6.99. The van der Waals surface area contributed by atoms with Crippen molar-refractivity contribution in [2.75, 3.05) is 46.0 Å². The molecule has 0 aliphatic carbocycles. The Morgan fingerprint density at radius 3 is 1.71 bits per heavy atom. The molecular formula is C40H39F8N3O4. The molecule has 0 spiro atoms. The average molecular weight is 778 g/mol. The summed E-state index contributed by atoms with van der Waals surface area (Å²) < 4.78 is 122. The van der Waals surface area contributed by atoms with Crippen LogP contribution in [0.15, 0.2) is 72.8 Å². The van der Waals surface area contributed by atoms with E-state index in [1.165, 1.54) is 0 Å². The number of primary amides is 1. The van der Waals surface area contributed by atoms with Gasteiger partial charge in [0, 0.05) is 51.3 Å². The summed E-state index contributed by atoms with van der Waals surface area (Å²) in [7, 11) is 0. The van der Waals surface area contributed by atoms with Crippen LogP contribution < -0.4 is 10.5 Å². The number of aryl methyl sites for hydroxylation is 1. The van der Waals surface area contributed by atoms with Crippen LogP contribution in [0.2, 0.25) is 0 Å². The van der Waals surface area contributed by atoms with Crippen LogP contribution in [0.25, 0.3) is 0 Å². The first-order valence-electron chi connectivity index (χ1n) is 17.6. The molecule has 3 heterocycles. The standard InChI is InChI=1S/C20H20F4N2O2.C20H19F4NO2/c1-12-6-14(2-3-17(12)19(25)27)18-11-26(4-5-28-18)10-13-7-15(20(22,23)24)9-16(21)8-13;21-17-8-13(7-16(10-17)20(22,23)24)11-25-4-6-27-19(12-25)14-1-2-18-15(9-14)3-5-26-18/h2-3,6-9,18H,4-5,10-11H2,1H3,(H2,25,27);1-2,7-10,19H,3-6,11-12H2. The summed E-state index contributed by atoms with van der Waals surface area (Å²) in [5, 5.41) is 0. The quantitative estimate of drug-likeness (QED) is 0.191. The number of nitrogens with two attached hydrogens (primary N) is 1. The Morgan fingerprint density at radius 2 is 1.22 bits per heavy atom. The van der Waals surface area contributed by atoms with Gasteiger partial charge in [0.25, 0.3) is 0 Å². The molecule has 2 N–H and O–H groups in total. The second kappa shape index (κ2) is 16.7. The second-order valence-electron chi connectivity index (χ2n) is 13.8. The zero-order valence-electron chi connectivity index (χ0n) is 29.8. The molecule has 294 valence electrons. The minimum atomic E-state index is -4.59. The van der Waals surface area contributed by atoms with Crippen LogP contribution >= 0.6 is 0 Å². The van der Waals surface area contributed by atoms with E-state index in [4.69, 9.17) is 19.9 Å². The van der Waals surface area contributed by atoms with Crippen LogP contribution in [0, 0.1) is 18.6 Å². The molecule has 7 nitrogen and oxygen atoms in total. The summed E-state index contributed by atoms with van der Waals surface area (Å²) in [6.45, 7) is 5.82. The van der Waals surface area contributed by atoms with E-state index in [1.807, 2.05) is 28.0 Å². The summed E-state index contributed by atoms with van der Waals surface area (Å²) in [4.78, 5) is 15.3. The SMILES string of the molecule is Cc1cc(C2CN(Cc3cc(F)cc(C(F)(F)F)c3)CCO2)ccc1C(N)=O.Fc1cc(CN2CCOC(c3ccc4c(c3)CCO4)C2)cc(C(F)(F)F)c1. The molecule has 3 aliphatic rings. The van der Waals surface area contributed by atoms with Crippen molar-refractivity contribution in [1.29, 1.82) is 0 Å². The molecule has 0 saturated carbocycles. The van der Waals surface area contributed by atoms with Gasteiger partial charge in [-0.3, -0.25) is 14.6 Å². The van der Waals surface area contributed by atoms with Gasteiger partial charge in [-0.25, -0.2) is 8.78 Å². The Morgan fingerprint density at radius 1 is 0.709 bits per heavy atom. The molecular weight excluding hydrogens is 738 g/mol. The predicted molar refractivity (Wildman–Crippen MR) is 186 cm³/mol. The number of halogens is 8. The lowest BCUT2D eigenvalue weighted by atomic mass is 10.00. The molecule has 2 saturated heterocycles. The number of nitrogens with zero attached hydrogens (tertiary/aromatic N) is 2. The van der Waals surface area contributed by atoms with E-state index < -0.39 is 41.0 Å². The average Bonchev–Trinajstić information content (AvgIpc) is 3.59. The lowest BCUT2D eigenvalue weighted by Crippen LogP contribution is -2.38. The monoisotopic (exact) mass is 777 g/mol. The highest BCUT2D eigenvalue weighted by Gasteiger charge is 2.33. The van der Waals surface area contributed by atoms with E-state index >= 15 is 0 Å². The number of fused-ring (bicyclic) bond motifs is 1. The van der Waals surface area contributed by atoms with Crippen molar-refractivity contribution < 1.29 is 54.1 Å². The van der Waals surface area contributed by atoms with E-state index in [9.17, 15) is 39.9 Å². The number of benzene rings is 4. The van der Waals surface area contributed by atoms with Crippen LogP contribution in [0.5, 0.6) is 5.75 Å². The van der Waals surface area contributed by atoms with Crippen LogP contribution in [-0.2, 0) is 41.3 Å². The number of rotatable bonds is 7. The van der Waals surface area contributed by atoms with E-state index in [-0.39, 0.29) is 30.9 Å². The van der Waals surface area contributed by atoms with Crippen molar-refractivity contribution in [2.45, 2.75) is 51.0 Å². The smallest absolute Gasteiger partial charge is 0.416 e. The molecule has 1 amide bonds. The number of alkyl halides is 6. The predicted octanol–water partition coefficient (Wildman–Crippen LogP) is 8.18. The maximum atomic E-state index is 13.6. The highest BCUT2D eigenvalue weighted by Crippen LogP contribution is 2.34. The Hall–Kier alpha value is -4.57. The molecule has 4 aromatic rings. The third-order valence-electron chi connectivity index (χ3n) is 9.66. The van der Waals surface area contributed by atoms with Gasteiger partial charge in [0.15, 0.2) is 0 Å². The highest BCUT2D eigenvalue weighted by atomic mass is 19.4. The van der Waals surface area contributed by atoms with Gasteiger partial charge in [0.2, 0.25) is 5.91 Å². The number of amides is 1. The number of hydrogen-bond donors (Lipinski definition) is 1. The first-order valence-corrected chi connectivity index (χ1v) is 17.6. The summed E-state index contributed by atoms with van der Waals surface area (Å²) in [6.07, 6.45) is -8.75. The van der Waals surface area contributed by atoms with Gasteiger partial charge in [-0.1, -0.05) is 18.2 Å². The minimum absolute atomic E-state index is 0.166. The molecule has 55 heavy (non-hydrogen) atoms. The van der Waals surface area contributed by atoms with Gasteiger partial charge in [-0.05, 0) is 94.9 Å². The number of morpholine rings is 2. The molecule has 2 fully saturated rings. The number of hydrogen-bond acceptors (Lipinski definition) is 6. The van der Waals surface area contributed by atoms with Gasteiger partial charge in [-0.2, -0.15) is 26.3 Å². The van der Waals surface area contributed by atoms with Crippen LogP contribution in [0.1, 0.15) is 67.1 Å². The van der Waals surface area contributed by atoms with Crippen molar-refractivity contribution >= 4 is 5.91 Å². The number of carbonyl (C=O) groups excluding carboxylic acids is 1. The molecule has 2 unspecified atom stereocenters. The van der Waals surface area contributed by atoms with Crippen LogP contribution in [0.3, 0.4) is 0 Å². The van der Waals surface area contributed by atoms with Crippen molar-refractivity contribution in [1.82, 2.24) is 9.80 Å². The minimum Gasteiger partial charge on any atom is -0.493 e. The molecule has 0 aromatic heterocycles. The Kier molecular flexibility index (Phi) is 12.1. The van der Waals surface area contributed by atoms with Gasteiger partial charge < -0.3 is 19.9 Å². The van der Waals surface area contributed by atoms with Crippen molar-refractivity contribution in [2.24, 2.45) is 5.73 Å². The molecule has 2 atom stereocenters. The van der Waals surface area contributed by atoms with Crippen molar-refractivity contribution in [3.63, 3.8) is 0 Å². The van der Waals surface area contributed by atoms with Gasteiger partial charge in [0.1, 0.15) is 17.4 Å². The highest BCUT2D eigenvalue weighted by molar-refractivity contribution is 5.94. The molecule has 4 aromatic carbocycles. The summed E-state index contributed by atoms with van der Waals surface area (Å²) >= 11 is 0. The van der Waals surface area contributed by atoms with Crippen LogP contribution in [-0.4, -0.2) is 61.7 Å². The number of carbonyl (C=O) groups is 1. The topological polar surface area (TPSA) is 77.3 Å². The number of ether oxygens (including phenoxy) is 3. The fourth-order valence-corrected chi connectivity index (χ4v) is 6.99. The van der Waals surface area contributed by atoms with Crippen molar-refractivity contribution in [3.8, 4) is 5.75 Å². The molecule has 7 rings (SSSR count). The van der Waals surface area contributed by atoms with E-state index in [2.05, 4.69) is 6.07 Å². The van der Waals surface area contributed by atoms with Crippen molar-refractivity contribution in [3.05, 3.63) is 135 Å². The maximum absolute atomic E-state index is 13.6.